The normalized spacial score (nSPS) is 11.0. The van der Waals surface area contributed by atoms with Crippen LogP contribution in [0.25, 0.3) is 11.6 Å². The predicted octanol–water partition coefficient (Wildman–Crippen LogP) is 3.30. The fourth-order valence-electron chi connectivity index (χ4n) is 2.10. The topological polar surface area (TPSA) is 120 Å². The summed E-state index contributed by atoms with van der Waals surface area (Å²) < 4.78 is 52.7. The second kappa shape index (κ2) is 9.77. The maximum Gasteiger partial charge on any atom is 0.573 e. The van der Waals surface area contributed by atoms with E-state index in [9.17, 15) is 13.2 Å². The maximum absolute atomic E-state index is 12.2. The number of hydrogen-bond acceptors (Lipinski definition) is 10. The van der Waals surface area contributed by atoms with Crippen molar-refractivity contribution in [3.05, 3.63) is 42.4 Å². The molecule has 0 fully saturated rings. The van der Waals surface area contributed by atoms with Crippen molar-refractivity contribution in [3.8, 4) is 23.1 Å². The molecule has 0 radical (unpaired) electrons. The van der Waals surface area contributed by atoms with Crippen LogP contribution in [0.15, 0.2) is 40.9 Å². The second-order valence-corrected chi connectivity index (χ2v) is 6.33. The first kappa shape index (κ1) is 23.4. The van der Waals surface area contributed by atoms with E-state index in [0.717, 1.165) is 12.2 Å². The lowest BCUT2D eigenvalue weighted by Gasteiger charge is -2.17. The number of ether oxygens (including phenoxy) is 1. The van der Waals surface area contributed by atoms with Crippen LogP contribution >= 0.6 is 25.7 Å². The summed E-state index contributed by atoms with van der Waals surface area (Å²) >= 11 is 0.910. The molecule has 0 bridgehead atoms. The Balaban J connectivity index is 0.00000320. The number of anilines is 2. The maximum atomic E-state index is 12.2. The van der Waals surface area contributed by atoms with Gasteiger partial charge in [-0.3, -0.25) is 4.31 Å². The van der Waals surface area contributed by atoms with Crippen molar-refractivity contribution in [2.24, 2.45) is 0 Å². The van der Waals surface area contributed by atoms with Crippen LogP contribution in [0.1, 0.15) is 5.89 Å². The number of nitrogens with two attached hydrogens (primary N) is 1. The van der Waals surface area contributed by atoms with E-state index in [0.29, 0.717) is 11.4 Å². The number of hydrogen-bond donors (Lipinski definition) is 2. The fourth-order valence-corrected chi connectivity index (χ4v) is 2.60. The van der Waals surface area contributed by atoms with Crippen LogP contribution in [0.5, 0.6) is 11.5 Å². The lowest BCUT2D eigenvalue weighted by atomic mass is 10.3. The first-order valence-corrected chi connectivity index (χ1v) is 8.58. The van der Waals surface area contributed by atoms with Crippen molar-refractivity contribution >= 4 is 37.1 Å². The number of aromatic nitrogens is 3. The van der Waals surface area contributed by atoms with Crippen LogP contribution in [0, 0.1) is 0 Å². The minimum atomic E-state index is -4.74. The van der Waals surface area contributed by atoms with Gasteiger partial charge in [-0.25, -0.2) is 4.98 Å². The largest absolute Gasteiger partial charge is 0.573 e. The molecule has 0 aliphatic carbocycles. The Morgan fingerprint density at radius 1 is 1.20 bits per heavy atom. The third-order valence-corrected chi connectivity index (χ3v) is 4.08. The molecule has 2 heterocycles. The van der Waals surface area contributed by atoms with E-state index in [1.54, 1.807) is 11.4 Å². The molecule has 0 spiro atoms. The highest BCUT2D eigenvalue weighted by Gasteiger charge is 2.31. The zero-order valence-corrected chi connectivity index (χ0v) is 17.1. The molecule has 3 N–H and O–H groups in total. The highest BCUT2D eigenvalue weighted by Crippen LogP contribution is 2.30. The van der Waals surface area contributed by atoms with Crippen molar-refractivity contribution in [2.75, 3.05) is 17.1 Å². The Morgan fingerprint density at radius 2 is 1.90 bits per heavy atom. The molecule has 0 aliphatic heterocycles. The monoisotopic (exact) mass is 463 g/mol. The minimum absolute atomic E-state index is 0. The quantitative estimate of drug-likeness (QED) is 0.399. The average molecular weight is 463 g/mol. The summed E-state index contributed by atoms with van der Waals surface area (Å²) in [4.78, 5) is 4.11. The van der Waals surface area contributed by atoms with Gasteiger partial charge in [0.2, 0.25) is 5.89 Å². The van der Waals surface area contributed by atoms with E-state index in [1.807, 2.05) is 0 Å². The SMILES string of the molecule is CN(SOc1cnc(-c2nnc(CO)o2)c(N)c1)c1ccc(OC(F)(F)F)cc1.S. The Morgan fingerprint density at radius 3 is 2.47 bits per heavy atom. The molecular formula is C16H16F3N5O4S2. The summed E-state index contributed by atoms with van der Waals surface area (Å²) in [5.41, 5.74) is 6.96. The van der Waals surface area contributed by atoms with E-state index < -0.39 is 13.0 Å². The first-order chi connectivity index (χ1) is 13.7. The van der Waals surface area contributed by atoms with Gasteiger partial charge in [0.1, 0.15) is 12.4 Å². The molecule has 9 nitrogen and oxygen atoms in total. The first-order valence-electron chi connectivity index (χ1n) is 7.88. The van der Waals surface area contributed by atoms with E-state index in [1.165, 1.54) is 36.5 Å². The number of aliphatic hydroxyl groups excluding tert-OH is 1. The van der Waals surface area contributed by atoms with Crippen molar-refractivity contribution in [3.63, 3.8) is 0 Å². The summed E-state index contributed by atoms with van der Waals surface area (Å²) in [5, 5.41) is 16.3. The van der Waals surface area contributed by atoms with E-state index in [2.05, 4.69) is 19.9 Å². The predicted molar refractivity (Wildman–Crippen MR) is 108 cm³/mol. The lowest BCUT2D eigenvalue weighted by Crippen LogP contribution is -2.17. The molecule has 0 unspecified atom stereocenters. The molecule has 0 saturated heterocycles. The Kier molecular flexibility index (Phi) is 7.64. The summed E-state index contributed by atoms with van der Waals surface area (Å²) in [6.07, 6.45) is -3.36. The summed E-state index contributed by atoms with van der Waals surface area (Å²) in [5.74, 6) is 0.0925. The van der Waals surface area contributed by atoms with Crippen LogP contribution in [0.2, 0.25) is 0 Å². The fraction of sp³-hybridized carbons (Fsp3) is 0.188. The van der Waals surface area contributed by atoms with Crippen LogP contribution < -0.4 is 19.0 Å². The third-order valence-electron chi connectivity index (χ3n) is 3.38. The van der Waals surface area contributed by atoms with Crippen LogP contribution in [0.4, 0.5) is 24.5 Å². The van der Waals surface area contributed by atoms with Crippen LogP contribution in [0.3, 0.4) is 0 Å². The number of alkyl halides is 3. The highest BCUT2D eigenvalue weighted by molar-refractivity contribution is 7.96. The van der Waals surface area contributed by atoms with Gasteiger partial charge in [-0.1, -0.05) is 0 Å². The van der Waals surface area contributed by atoms with Crippen molar-refractivity contribution in [2.45, 2.75) is 13.0 Å². The van der Waals surface area contributed by atoms with Gasteiger partial charge >= 0.3 is 6.36 Å². The molecule has 30 heavy (non-hydrogen) atoms. The molecule has 1 aromatic carbocycles. The molecule has 0 amide bonds. The van der Waals surface area contributed by atoms with Gasteiger partial charge in [0.05, 0.1) is 11.9 Å². The average Bonchev–Trinajstić information content (AvgIpc) is 3.14. The molecule has 162 valence electrons. The number of halogens is 3. The Labute approximate surface area is 179 Å². The third kappa shape index (κ3) is 6.08. The number of nitrogens with zero attached hydrogens (tertiary/aromatic N) is 4. The molecule has 14 heteroatoms. The number of benzene rings is 1. The molecule has 3 aromatic rings. The minimum Gasteiger partial charge on any atom is -0.417 e. The Hall–Kier alpha value is -2.84. The van der Waals surface area contributed by atoms with Gasteiger partial charge in [-0.05, 0) is 24.3 Å². The van der Waals surface area contributed by atoms with Crippen LogP contribution in [-0.4, -0.2) is 33.7 Å². The number of nitrogen functional groups attached to an aromatic ring is 1. The van der Waals surface area contributed by atoms with Gasteiger partial charge < -0.3 is 24.2 Å². The molecule has 3 rings (SSSR count). The second-order valence-electron chi connectivity index (χ2n) is 5.46. The van der Waals surface area contributed by atoms with Gasteiger partial charge in [0, 0.05) is 18.8 Å². The van der Waals surface area contributed by atoms with Crippen molar-refractivity contribution < 1.29 is 31.6 Å². The zero-order chi connectivity index (χ0) is 21.0. The zero-order valence-electron chi connectivity index (χ0n) is 15.3. The molecule has 0 atom stereocenters. The lowest BCUT2D eigenvalue weighted by molar-refractivity contribution is -0.274. The van der Waals surface area contributed by atoms with Gasteiger partial charge in [-0.15, -0.1) is 23.4 Å². The van der Waals surface area contributed by atoms with E-state index in [-0.39, 0.29) is 42.4 Å². The van der Waals surface area contributed by atoms with Gasteiger partial charge in [0.15, 0.2) is 23.7 Å². The summed E-state index contributed by atoms with van der Waals surface area (Å²) in [6.45, 7) is -0.402. The Bertz CT molecular complexity index is 972. The summed E-state index contributed by atoms with van der Waals surface area (Å²) in [6, 6.07) is 6.77. The van der Waals surface area contributed by atoms with E-state index >= 15 is 0 Å². The molecule has 2 aromatic heterocycles. The number of aliphatic hydroxyl groups is 1. The highest BCUT2D eigenvalue weighted by atomic mass is 32.2. The van der Waals surface area contributed by atoms with Crippen molar-refractivity contribution in [1.82, 2.24) is 15.2 Å². The standard InChI is InChI=1S/C16H14F3N5O4S.H2S/c1-24(9-2-4-10(5-3-9)27-16(17,18)19)29-28-11-6-12(20)14(21-7-11)15-23-22-13(8-25)26-15;/h2-7,25H,8,20H2,1H3;1H2. The van der Waals surface area contributed by atoms with Crippen LogP contribution in [-0.2, 0) is 6.61 Å². The van der Waals surface area contributed by atoms with Gasteiger partial charge in [0.25, 0.3) is 5.89 Å². The smallest absolute Gasteiger partial charge is 0.417 e. The van der Waals surface area contributed by atoms with Gasteiger partial charge in [-0.2, -0.15) is 13.5 Å². The number of rotatable bonds is 7. The molecule has 0 aliphatic rings. The van der Waals surface area contributed by atoms with E-state index in [4.69, 9.17) is 19.4 Å². The van der Waals surface area contributed by atoms with Crippen molar-refractivity contribution in [1.29, 1.82) is 0 Å². The molecule has 0 saturated carbocycles. The molecular weight excluding hydrogens is 447 g/mol. The number of pyridine rings is 1. The summed E-state index contributed by atoms with van der Waals surface area (Å²) in [7, 11) is 1.66.